The van der Waals surface area contributed by atoms with Crippen LogP contribution in [0.5, 0.6) is 28.7 Å². The molecule has 8 heteroatoms. The summed E-state index contributed by atoms with van der Waals surface area (Å²) in [7, 11) is 6.18. The normalized spacial score (nSPS) is 16.9. The van der Waals surface area contributed by atoms with Crippen LogP contribution in [0.25, 0.3) is 5.57 Å². The highest BCUT2D eigenvalue weighted by atomic mass is 16.7. The van der Waals surface area contributed by atoms with Crippen LogP contribution in [0.15, 0.2) is 66.2 Å². The van der Waals surface area contributed by atoms with Crippen molar-refractivity contribution in [2.75, 3.05) is 28.4 Å². The average Bonchev–Trinajstić information content (AvgIpc) is 3.18. The molecule has 3 aromatic carbocycles. The number of hydrogen-bond acceptors (Lipinski definition) is 8. The summed E-state index contributed by atoms with van der Waals surface area (Å²) in [5, 5.41) is 11.9. The van der Waals surface area contributed by atoms with Crippen LogP contribution in [-0.4, -0.2) is 45.6 Å². The lowest BCUT2D eigenvalue weighted by molar-refractivity contribution is -0.185. The van der Waals surface area contributed by atoms with E-state index in [0.717, 1.165) is 5.56 Å². The van der Waals surface area contributed by atoms with Crippen molar-refractivity contribution in [3.05, 3.63) is 82.9 Å². The largest absolute Gasteiger partial charge is 0.497 e. The number of ether oxygens (including phenoxy) is 6. The van der Waals surface area contributed by atoms with E-state index in [1.807, 2.05) is 32.0 Å². The van der Waals surface area contributed by atoms with Crippen LogP contribution in [0.1, 0.15) is 30.5 Å². The molecule has 3 aromatic rings. The Balaban J connectivity index is 1.89. The number of carbonyl (C=O) groups is 1. The summed E-state index contributed by atoms with van der Waals surface area (Å²) < 4.78 is 33.2. The van der Waals surface area contributed by atoms with Crippen molar-refractivity contribution in [2.24, 2.45) is 0 Å². The lowest BCUT2D eigenvalue weighted by Gasteiger charge is -2.26. The van der Waals surface area contributed by atoms with Gasteiger partial charge in [-0.05, 0) is 73.5 Å². The smallest absolute Gasteiger partial charge is 0.342 e. The van der Waals surface area contributed by atoms with Gasteiger partial charge in [0.2, 0.25) is 0 Å². The molecule has 1 aliphatic rings. The molecule has 0 bridgehead atoms. The second kappa shape index (κ2) is 11.1. The fourth-order valence-corrected chi connectivity index (χ4v) is 4.42. The molecule has 38 heavy (non-hydrogen) atoms. The van der Waals surface area contributed by atoms with Crippen molar-refractivity contribution >= 4 is 11.5 Å². The maximum absolute atomic E-state index is 13.4. The summed E-state index contributed by atoms with van der Waals surface area (Å²) in [6, 6.07) is 17.4. The Morgan fingerprint density at radius 2 is 1.42 bits per heavy atom. The van der Waals surface area contributed by atoms with E-state index in [4.69, 9.17) is 28.4 Å². The van der Waals surface area contributed by atoms with Crippen LogP contribution in [0.3, 0.4) is 0 Å². The molecule has 0 fully saturated rings. The molecule has 4 rings (SSSR count). The van der Waals surface area contributed by atoms with Crippen LogP contribution < -0.4 is 23.7 Å². The number of rotatable bonds is 10. The molecule has 0 aliphatic carbocycles. The quantitative estimate of drug-likeness (QED) is 0.377. The summed E-state index contributed by atoms with van der Waals surface area (Å²) in [6.07, 6.45) is 0.148. The van der Waals surface area contributed by atoms with Gasteiger partial charge in [0.1, 0.15) is 17.2 Å². The zero-order valence-corrected chi connectivity index (χ0v) is 22.4. The monoisotopic (exact) mass is 520 g/mol. The van der Waals surface area contributed by atoms with Gasteiger partial charge < -0.3 is 33.5 Å². The fraction of sp³-hybridized carbons (Fsp3) is 0.300. The second-order valence-electron chi connectivity index (χ2n) is 9.05. The van der Waals surface area contributed by atoms with Gasteiger partial charge in [0, 0.05) is 23.6 Å². The number of esters is 1. The van der Waals surface area contributed by atoms with Crippen molar-refractivity contribution in [1.29, 1.82) is 0 Å². The highest BCUT2D eigenvalue weighted by molar-refractivity contribution is 6.20. The zero-order chi connectivity index (χ0) is 27.4. The van der Waals surface area contributed by atoms with E-state index in [2.05, 4.69) is 0 Å². The van der Waals surface area contributed by atoms with Gasteiger partial charge in [-0.15, -0.1) is 0 Å². The molecule has 1 unspecified atom stereocenters. The van der Waals surface area contributed by atoms with E-state index in [0.29, 0.717) is 45.4 Å². The third kappa shape index (κ3) is 5.26. The van der Waals surface area contributed by atoms with Crippen LogP contribution in [0, 0.1) is 0 Å². The summed E-state index contributed by atoms with van der Waals surface area (Å²) >= 11 is 0. The van der Waals surface area contributed by atoms with Crippen LogP contribution >= 0.6 is 0 Å². The molecule has 0 saturated heterocycles. The Hall–Kier alpha value is -4.17. The summed E-state index contributed by atoms with van der Waals surface area (Å²) in [5.41, 5.74) is 2.26. The standard InChI is InChI=1S/C30H32O8/c1-18(2)37-26-12-7-19(14-27(26)36-6)13-25-28(20-15-23(34-4)17-24(16-20)35-5)29(31)38-30(25,32)21-8-10-22(33-3)11-9-21/h7-12,14-18,32H,13H2,1-6H3. The maximum atomic E-state index is 13.4. The first-order valence-electron chi connectivity index (χ1n) is 12.1. The predicted molar refractivity (Wildman–Crippen MR) is 142 cm³/mol. The lowest BCUT2D eigenvalue weighted by atomic mass is 9.88. The first-order valence-corrected chi connectivity index (χ1v) is 12.1. The number of methoxy groups -OCH3 is 4. The van der Waals surface area contributed by atoms with Gasteiger partial charge in [-0.25, -0.2) is 4.79 Å². The fourth-order valence-electron chi connectivity index (χ4n) is 4.42. The molecule has 1 atom stereocenters. The third-order valence-electron chi connectivity index (χ3n) is 6.25. The maximum Gasteiger partial charge on any atom is 0.342 e. The summed E-state index contributed by atoms with van der Waals surface area (Å²) in [5.74, 6) is 0.0547. The molecule has 1 aliphatic heterocycles. The number of cyclic esters (lactones) is 1. The van der Waals surface area contributed by atoms with Crippen molar-refractivity contribution < 1.29 is 38.3 Å². The topological polar surface area (TPSA) is 92.7 Å². The number of hydrogen-bond donors (Lipinski definition) is 1. The van der Waals surface area contributed by atoms with Crippen molar-refractivity contribution in [2.45, 2.75) is 32.2 Å². The van der Waals surface area contributed by atoms with Gasteiger partial charge in [-0.3, -0.25) is 0 Å². The van der Waals surface area contributed by atoms with E-state index < -0.39 is 11.8 Å². The summed E-state index contributed by atoms with van der Waals surface area (Å²) in [6.45, 7) is 3.87. The van der Waals surface area contributed by atoms with Gasteiger partial charge in [-0.2, -0.15) is 0 Å². The Labute approximate surface area is 222 Å². The SMILES string of the molecule is COc1ccc(C2(O)OC(=O)C(c3cc(OC)cc(OC)c3)=C2Cc2ccc(OC(C)C)c(OC)c2)cc1. The van der Waals surface area contributed by atoms with E-state index in [1.165, 1.54) is 14.2 Å². The second-order valence-corrected chi connectivity index (χ2v) is 9.05. The Morgan fingerprint density at radius 3 is 1.97 bits per heavy atom. The van der Waals surface area contributed by atoms with Gasteiger partial charge in [0.15, 0.2) is 11.5 Å². The van der Waals surface area contributed by atoms with Crippen LogP contribution in [0.4, 0.5) is 0 Å². The third-order valence-corrected chi connectivity index (χ3v) is 6.25. The van der Waals surface area contributed by atoms with E-state index in [1.54, 1.807) is 56.7 Å². The van der Waals surface area contributed by atoms with Gasteiger partial charge in [0.05, 0.1) is 40.1 Å². The molecule has 0 spiro atoms. The Kier molecular flexibility index (Phi) is 7.83. The Bertz CT molecular complexity index is 1320. The van der Waals surface area contributed by atoms with Gasteiger partial charge in [-0.1, -0.05) is 6.07 Å². The molecule has 1 heterocycles. The number of benzene rings is 3. The minimum absolute atomic E-state index is 0.0341. The van der Waals surface area contributed by atoms with Crippen molar-refractivity contribution in [3.63, 3.8) is 0 Å². The highest BCUT2D eigenvalue weighted by Gasteiger charge is 2.48. The minimum atomic E-state index is -2.02. The minimum Gasteiger partial charge on any atom is -0.497 e. The van der Waals surface area contributed by atoms with E-state index in [9.17, 15) is 9.90 Å². The first kappa shape index (κ1) is 26.9. The zero-order valence-electron chi connectivity index (χ0n) is 22.4. The molecule has 0 amide bonds. The molecule has 8 nitrogen and oxygen atoms in total. The first-order chi connectivity index (χ1) is 18.2. The molecular weight excluding hydrogens is 488 g/mol. The molecular formula is C30H32O8. The number of aliphatic hydroxyl groups is 1. The average molecular weight is 521 g/mol. The predicted octanol–water partition coefficient (Wildman–Crippen LogP) is 4.91. The van der Waals surface area contributed by atoms with Crippen LogP contribution in [0.2, 0.25) is 0 Å². The van der Waals surface area contributed by atoms with E-state index >= 15 is 0 Å². The molecule has 1 N–H and O–H groups in total. The van der Waals surface area contributed by atoms with Crippen LogP contribution in [-0.2, 0) is 21.7 Å². The highest BCUT2D eigenvalue weighted by Crippen LogP contribution is 2.46. The molecule has 0 radical (unpaired) electrons. The lowest BCUT2D eigenvalue weighted by Crippen LogP contribution is -2.29. The molecule has 200 valence electrons. The van der Waals surface area contributed by atoms with Gasteiger partial charge >= 0.3 is 5.97 Å². The Morgan fingerprint density at radius 1 is 0.789 bits per heavy atom. The summed E-state index contributed by atoms with van der Waals surface area (Å²) in [4.78, 5) is 13.4. The van der Waals surface area contributed by atoms with Gasteiger partial charge in [0.25, 0.3) is 5.79 Å². The van der Waals surface area contributed by atoms with Crippen molar-refractivity contribution in [1.82, 2.24) is 0 Å². The molecule has 0 saturated carbocycles. The molecule has 0 aromatic heterocycles. The number of carbonyl (C=O) groups excluding carboxylic acids is 1. The van der Waals surface area contributed by atoms with Crippen molar-refractivity contribution in [3.8, 4) is 28.7 Å². The van der Waals surface area contributed by atoms with E-state index in [-0.39, 0.29) is 18.1 Å².